The first-order valence-corrected chi connectivity index (χ1v) is 7.54. The van der Waals surface area contributed by atoms with Crippen LogP contribution in [0.25, 0.3) is 16.9 Å². The van der Waals surface area contributed by atoms with E-state index >= 15 is 0 Å². The molecule has 0 amide bonds. The lowest BCUT2D eigenvalue weighted by molar-refractivity contribution is -0.137. The van der Waals surface area contributed by atoms with E-state index in [1.165, 1.54) is 41.4 Å². The van der Waals surface area contributed by atoms with E-state index in [2.05, 4.69) is 10.1 Å². The van der Waals surface area contributed by atoms with Gasteiger partial charge < -0.3 is 4.42 Å². The van der Waals surface area contributed by atoms with Crippen LogP contribution < -0.4 is 0 Å². The number of furan rings is 1. The number of benzene rings is 1. The maximum atomic E-state index is 13.0. The van der Waals surface area contributed by atoms with E-state index in [1.807, 2.05) is 0 Å². The number of carbonyl (C=O) groups is 1. The van der Waals surface area contributed by atoms with Crippen LogP contribution >= 0.6 is 0 Å². The number of alkyl halides is 3. The van der Waals surface area contributed by atoms with Gasteiger partial charge in [-0.05, 0) is 30.3 Å². The number of fused-ring (bicyclic) bond motifs is 1. The second-order valence-corrected chi connectivity index (χ2v) is 5.51. The summed E-state index contributed by atoms with van der Waals surface area (Å²) in [5, 5.41) is 4.13. The predicted molar refractivity (Wildman–Crippen MR) is 85.6 cm³/mol. The molecule has 4 aromatic rings. The quantitative estimate of drug-likeness (QED) is 0.515. The van der Waals surface area contributed by atoms with Crippen LogP contribution in [0, 0.1) is 0 Å². The Labute approximate surface area is 144 Å². The van der Waals surface area contributed by atoms with E-state index in [0.717, 1.165) is 12.1 Å². The minimum Gasteiger partial charge on any atom is -0.461 e. The third kappa shape index (κ3) is 2.65. The summed E-state index contributed by atoms with van der Waals surface area (Å²) in [6.45, 7) is 0. The van der Waals surface area contributed by atoms with Crippen molar-refractivity contribution in [3.8, 4) is 11.3 Å². The summed E-state index contributed by atoms with van der Waals surface area (Å²) >= 11 is 0. The molecule has 0 aliphatic rings. The lowest BCUT2D eigenvalue weighted by Gasteiger charge is -2.09. The molecule has 0 bridgehead atoms. The summed E-state index contributed by atoms with van der Waals surface area (Å²) in [4.78, 5) is 16.6. The number of rotatable bonds is 3. The van der Waals surface area contributed by atoms with Crippen molar-refractivity contribution in [2.24, 2.45) is 0 Å². The molecule has 4 rings (SSSR count). The van der Waals surface area contributed by atoms with Crippen LogP contribution in [-0.4, -0.2) is 20.4 Å². The molecule has 1 aromatic carbocycles. The van der Waals surface area contributed by atoms with Crippen molar-refractivity contribution in [2.45, 2.75) is 6.18 Å². The number of ketones is 1. The van der Waals surface area contributed by atoms with Crippen LogP contribution in [0.1, 0.15) is 21.7 Å². The Morgan fingerprint density at radius 3 is 2.69 bits per heavy atom. The zero-order valence-electron chi connectivity index (χ0n) is 13.1. The molecule has 0 atom stereocenters. The SMILES string of the molecule is O=C(c1ccco1)c1cnn2c(-c3cccc(C(F)(F)F)c3)ccnc12. The minimum absolute atomic E-state index is 0.131. The maximum absolute atomic E-state index is 13.0. The molecule has 8 heteroatoms. The van der Waals surface area contributed by atoms with Gasteiger partial charge >= 0.3 is 6.18 Å². The summed E-state index contributed by atoms with van der Waals surface area (Å²) in [7, 11) is 0. The second-order valence-electron chi connectivity index (χ2n) is 5.51. The third-order valence-corrected chi connectivity index (χ3v) is 3.88. The van der Waals surface area contributed by atoms with Crippen LogP contribution in [0.15, 0.2) is 65.5 Å². The molecule has 5 nitrogen and oxygen atoms in total. The van der Waals surface area contributed by atoms with E-state index in [-0.39, 0.29) is 17.0 Å². The van der Waals surface area contributed by atoms with E-state index in [9.17, 15) is 18.0 Å². The molecule has 0 fully saturated rings. The molecule has 0 N–H and O–H groups in total. The zero-order chi connectivity index (χ0) is 18.3. The number of hydrogen-bond acceptors (Lipinski definition) is 4. The van der Waals surface area contributed by atoms with Gasteiger partial charge in [-0.1, -0.05) is 12.1 Å². The van der Waals surface area contributed by atoms with Gasteiger partial charge in [-0.15, -0.1) is 0 Å². The van der Waals surface area contributed by atoms with E-state index < -0.39 is 17.5 Å². The third-order valence-electron chi connectivity index (χ3n) is 3.88. The topological polar surface area (TPSA) is 60.4 Å². The maximum Gasteiger partial charge on any atom is 0.416 e. The summed E-state index contributed by atoms with van der Waals surface area (Å²) in [5.41, 5.74) is 0.376. The van der Waals surface area contributed by atoms with Crippen molar-refractivity contribution < 1.29 is 22.4 Å². The van der Waals surface area contributed by atoms with Crippen LogP contribution in [0.2, 0.25) is 0 Å². The van der Waals surface area contributed by atoms with Crippen molar-refractivity contribution in [1.29, 1.82) is 0 Å². The van der Waals surface area contributed by atoms with Crippen LogP contribution in [0.5, 0.6) is 0 Å². The Morgan fingerprint density at radius 2 is 1.96 bits per heavy atom. The zero-order valence-corrected chi connectivity index (χ0v) is 13.1. The Balaban J connectivity index is 1.85. The van der Waals surface area contributed by atoms with Gasteiger partial charge in [0, 0.05) is 11.8 Å². The Morgan fingerprint density at radius 1 is 1.12 bits per heavy atom. The van der Waals surface area contributed by atoms with Gasteiger partial charge in [-0.2, -0.15) is 18.3 Å². The molecule has 3 aromatic heterocycles. The van der Waals surface area contributed by atoms with Gasteiger partial charge in [0.15, 0.2) is 11.4 Å². The average Bonchev–Trinajstić information content (AvgIpc) is 3.30. The fourth-order valence-electron chi connectivity index (χ4n) is 2.67. The Bertz CT molecular complexity index is 1100. The lowest BCUT2D eigenvalue weighted by atomic mass is 10.1. The Kier molecular flexibility index (Phi) is 3.61. The fourth-order valence-corrected chi connectivity index (χ4v) is 2.67. The normalized spacial score (nSPS) is 11.8. The predicted octanol–water partition coefficient (Wildman–Crippen LogP) is 4.24. The molecule has 0 aliphatic heterocycles. The molecular weight excluding hydrogens is 347 g/mol. The molecule has 0 saturated carbocycles. The highest BCUT2D eigenvalue weighted by molar-refractivity contribution is 6.10. The van der Waals surface area contributed by atoms with Gasteiger partial charge in [0.25, 0.3) is 0 Å². The van der Waals surface area contributed by atoms with E-state index in [0.29, 0.717) is 11.3 Å². The van der Waals surface area contributed by atoms with Crippen LogP contribution in [0.3, 0.4) is 0 Å². The van der Waals surface area contributed by atoms with Crippen LogP contribution in [0.4, 0.5) is 13.2 Å². The largest absolute Gasteiger partial charge is 0.461 e. The van der Waals surface area contributed by atoms with E-state index in [4.69, 9.17) is 4.42 Å². The smallest absolute Gasteiger partial charge is 0.416 e. The van der Waals surface area contributed by atoms with Crippen molar-refractivity contribution in [1.82, 2.24) is 14.6 Å². The van der Waals surface area contributed by atoms with Gasteiger partial charge in [-0.3, -0.25) is 4.79 Å². The number of nitrogens with zero attached hydrogens (tertiary/aromatic N) is 3. The Hall–Kier alpha value is -3.42. The van der Waals surface area contributed by atoms with Gasteiger partial charge in [0.05, 0.1) is 29.3 Å². The van der Waals surface area contributed by atoms with Crippen molar-refractivity contribution in [3.63, 3.8) is 0 Å². The molecule has 0 unspecified atom stereocenters. The van der Waals surface area contributed by atoms with Gasteiger partial charge in [-0.25, -0.2) is 9.50 Å². The van der Waals surface area contributed by atoms with Crippen molar-refractivity contribution in [3.05, 3.63) is 78.0 Å². The summed E-state index contributed by atoms with van der Waals surface area (Å²) < 4.78 is 45.4. The van der Waals surface area contributed by atoms with Crippen molar-refractivity contribution >= 4 is 11.4 Å². The number of halogens is 3. The number of carbonyl (C=O) groups excluding carboxylic acids is 1. The fraction of sp³-hybridized carbons (Fsp3) is 0.0556. The first kappa shape index (κ1) is 16.1. The summed E-state index contributed by atoms with van der Waals surface area (Å²) in [6, 6.07) is 9.53. The van der Waals surface area contributed by atoms with E-state index in [1.54, 1.807) is 12.1 Å². The number of aromatic nitrogens is 3. The molecule has 0 aliphatic carbocycles. The average molecular weight is 357 g/mol. The highest BCUT2D eigenvalue weighted by Crippen LogP contribution is 2.32. The molecule has 0 radical (unpaired) electrons. The highest BCUT2D eigenvalue weighted by atomic mass is 19.4. The highest BCUT2D eigenvalue weighted by Gasteiger charge is 2.30. The lowest BCUT2D eigenvalue weighted by Crippen LogP contribution is -2.05. The van der Waals surface area contributed by atoms with Crippen molar-refractivity contribution in [2.75, 3.05) is 0 Å². The molecule has 0 saturated heterocycles. The summed E-state index contributed by atoms with van der Waals surface area (Å²) in [6.07, 6.45) is -0.330. The first-order chi connectivity index (χ1) is 12.4. The van der Waals surface area contributed by atoms with Gasteiger partial charge in [0.2, 0.25) is 5.78 Å². The van der Waals surface area contributed by atoms with Gasteiger partial charge in [0.1, 0.15) is 0 Å². The minimum atomic E-state index is -4.45. The molecule has 130 valence electrons. The first-order valence-electron chi connectivity index (χ1n) is 7.54. The monoisotopic (exact) mass is 357 g/mol. The second kappa shape index (κ2) is 5.83. The standard InChI is InChI=1S/C18H10F3N3O2/c19-18(20,21)12-4-1-3-11(9-12)14-6-7-22-17-13(10-23-24(14)17)16(25)15-5-2-8-26-15/h1-10H. The molecule has 3 heterocycles. The number of hydrogen-bond donors (Lipinski definition) is 0. The van der Waals surface area contributed by atoms with Crippen LogP contribution in [-0.2, 0) is 6.18 Å². The molecular formula is C18H10F3N3O2. The molecule has 0 spiro atoms. The summed E-state index contributed by atoms with van der Waals surface area (Å²) in [5.74, 6) is -0.273. The molecule has 26 heavy (non-hydrogen) atoms.